The van der Waals surface area contributed by atoms with E-state index >= 15 is 0 Å². The Bertz CT molecular complexity index is 587. The highest BCUT2D eigenvalue weighted by Crippen LogP contribution is 2.25. The molecule has 0 fully saturated rings. The molecule has 3 N–H and O–H groups in total. The molecule has 3 rings (SSSR count). The molecule has 20 heavy (non-hydrogen) atoms. The fourth-order valence-corrected chi connectivity index (χ4v) is 2.85. The Kier molecular flexibility index (Phi) is 3.75. The SMILES string of the molecule is CCc1ccc(Nc2ccc3c(c2)CC[C@H](N)C3)cc1. The van der Waals surface area contributed by atoms with Gasteiger partial charge in [-0.05, 0) is 66.6 Å². The number of nitrogens with one attached hydrogen (secondary N) is 1. The van der Waals surface area contributed by atoms with Crippen molar-refractivity contribution in [3.8, 4) is 0 Å². The van der Waals surface area contributed by atoms with Crippen LogP contribution >= 0.6 is 0 Å². The Hall–Kier alpha value is -1.80. The van der Waals surface area contributed by atoms with E-state index in [-0.39, 0.29) is 0 Å². The standard InChI is InChI=1S/C18H22N2/c1-2-13-3-8-17(9-4-13)20-18-10-6-14-11-16(19)7-5-15(14)12-18/h3-4,6,8-10,12,16,20H,2,5,7,11,19H2,1H3/t16-/m0/s1. The number of hydrogen-bond acceptors (Lipinski definition) is 2. The van der Waals surface area contributed by atoms with Crippen molar-refractivity contribution in [3.05, 3.63) is 59.2 Å². The average molecular weight is 266 g/mol. The quantitative estimate of drug-likeness (QED) is 0.886. The molecule has 0 amide bonds. The van der Waals surface area contributed by atoms with Crippen LogP contribution in [0.1, 0.15) is 30.0 Å². The highest BCUT2D eigenvalue weighted by Gasteiger charge is 2.15. The van der Waals surface area contributed by atoms with Gasteiger partial charge in [0.25, 0.3) is 0 Å². The summed E-state index contributed by atoms with van der Waals surface area (Å²) in [6.45, 7) is 2.18. The van der Waals surface area contributed by atoms with Crippen LogP contribution in [0.3, 0.4) is 0 Å². The average Bonchev–Trinajstić information content (AvgIpc) is 2.48. The number of nitrogens with two attached hydrogens (primary N) is 1. The summed E-state index contributed by atoms with van der Waals surface area (Å²) < 4.78 is 0. The molecule has 0 aliphatic heterocycles. The second-order valence-corrected chi connectivity index (χ2v) is 5.66. The lowest BCUT2D eigenvalue weighted by atomic mass is 9.88. The van der Waals surface area contributed by atoms with Crippen molar-refractivity contribution in [1.29, 1.82) is 0 Å². The van der Waals surface area contributed by atoms with Crippen LogP contribution in [0.4, 0.5) is 11.4 Å². The molecular weight excluding hydrogens is 244 g/mol. The molecule has 0 spiro atoms. The first-order chi connectivity index (χ1) is 9.74. The monoisotopic (exact) mass is 266 g/mol. The third-order valence-electron chi connectivity index (χ3n) is 4.12. The molecule has 0 saturated carbocycles. The Morgan fingerprint density at radius 1 is 1.05 bits per heavy atom. The minimum atomic E-state index is 0.336. The normalized spacial score (nSPS) is 17.6. The van der Waals surface area contributed by atoms with Gasteiger partial charge >= 0.3 is 0 Å². The summed E-state index contributed by atoms with van der Waals surface area (Å²) in [6, 6.07) is 15.6. The highest BCUT2D eigenvalue weighted by atomic mass is 14.9. The number of aryl methyl sites for hydroxylation is 2. The molecule has 0 heterocycles. The van der Waals surface area contributed by atoms with Crippen LogP contribution < -0.4 is 11.1 Å². The Balaban J connectivity index is 1.77. The maximum Gasteiger partial charge on any atom is 0.0387 e. The first-order valence-corrected chi connectivity index (χ1v) is 7.48. The van der Waals surface area contributed by atoms with Crippen molar-refractivity contribution in [2.75, 3.05) is 5.32 Å². The van der Waals surface area contributed by atoms with Crippen LogP contribution in [0, 0.1) is 0 Å². The molecule has 0 saturated heterocycles. The second kappa shape index (κ2) is 5.68. The zero-order chi connectivity index (χ0) is 13.9. The third-order valence-corrected chi connectivity index (χ3v) is 4.12. The maximum absolute atomic E-state index is 6.02. The molecule has 0 bridgehead atoms. The summed E-state index contributed by atoms with van der Waals surface area (Å²) in [6.07, 6.45) is 4.29. The van der Waals surface area contributed by atoms with Crippen molar-refractivity contribution >= 4 is 11.4 Å². The van der Waals surface area contributed by atoms with Gasteiger partial charge in [0.1, 0.15) is 0 Å². The van der Waals surface area contributed by atoms with Crippen LogP contribution in [-0.2, 0) is 19.3 Å². The van der Waals surface area contributed by atoms with Gasteiger partial charge in [-0.3, -0.25) is 0 Å². The summed E-state index contributed by atoms with van der Waals surface area (Å²) >= 11 is 0. The summed E-state index contributed by atoms with van der Waals surface area (Å²) in [4.78, 5) is 0. The van der Waals surface area contributed by atoms with Crippen LogP contribution in [-0.4, -0.2) is 6.04 Å². The number of anilines is 2. The first-order valence-electron chi connectivity index (χ1n) is 7.48. The maximum atomic E-state index is 6.02. The van der Waals surface area contributed by atoms with E-state index in [1.54, 1.807) is 0 Å². The lowest BCUT2D eigenvalue weighted by Gasteiger charge is -2.22. The number of fused-ring (bicyclic) bond motifs is 1. The van der Waals surface area contributed by atoms with E-state index in [1.807, 2.05) is 0 Å². The lowest BCUT2D eigenvalue weighted by Crippen LogP contribution is -2.27. The zero-order valence-electron chi connectivity index (χ0n) is 12.0. The van der Waals surface area contributed by atoms with Crippen LogP contribution in [0.5, 0.6) is 0 Å². The Morgan fingerprint density at radius 2 is 1.80 bits per heavy atom. The van der Waals surface area contributed by atoms with E-state index in [1.165, 1.54) is 22.4 Å². The molecule has 2 heteroatoms. The van der Waals surface area contributed by atoms with Crippen LogP contribution in [0.15, 0.2) is 42.5 Å². The summed E-state index contributed by atoms with van der Waals surface area (Å²) in [5.41, 5.74) is 12.6. The molecule has 1 aliphatic carbocycles. The minimum Gasteiger partial charge on any atom is -0.356 e. The summed E-state index contributed by atoms with van der Waals surface area (Å²) in [5.74, 6) is 0. The van der Waals surface area contributed by atoms with E-state index in [9.17, 15) is 0 Å². The molecule has 1 aliphatic rings. The molecule has 1 atom stereocenters. The van der Waals surface area contributed by atoms with Crippen molar-refractivity contribution in [2.24, 2.45) is 5.73 Å². The van der Waals surface area contributed by atoms with E-state index < -0.39 is 0 Å². The van der Waals surface area contributed by atoms with E-state index in [2.05, 4.69) is 54.7 Å². The molecule has 2 aromatic rings. The molecule has 0 aromatic heterocycles. The van der Waals surface area contributed by atoms with Crippen LogP contribution in [0.25, 0.3) is 0 Å². The van der Waals surface area contributed by atoms with Gasteiger partial charge in [0.05, 0.1) is 0 Å². The van der Waals surface area contributed by atoms with E-state index in [4.69, 9.17) is 5.73 Å². The van der Waals surface area contributed by atoms with Gasteiger partial charge in [-0.15, -0.1) is 0 Å². The number of hydrogen-bond donors (Lipinski definition) is 2. The van der Waals surface area contributed by atoms with E-state index in [0.29, 0.717) is 6.04 Å². The van der Waals surface area contributed by atoms with Crippen molar-refractivity contribution in [3.63, 3.8) is 0 Å². The zero-order valence-corrected chi connectivity index (χ0v) is 12.0. The number of rotatable bonds is 3. The van der Waals surface area contributed by atoms with Crippen molar-refractivity contribution in [1.82, 2.24) is 0 Å². The third kappa shape index (κ3) is 2.86. The fraction of sp³-hybridized carbons (Fsp3) is 0.333. The first kappa shape index (κ1) is 13.2. The van der Waals surface area contributed by atoms with Gasteiger partial charge in [0, 0.05) is 17.4 Å². The Labute approximate surface area is 121 Å². The summed E-state index contributed by atoms with van der Waals surface area (Å²) in [5, 5.41) is 3.49. The largest absolute Gasteiger partial charge is 0.356 e. The molecular formula is C18H22N2. The predicted molar refractivity (Wildman–Crippen MR) is 85.5 cm³/mol. The highest BCUT2D eigenvalue weighted by molar-refractivity contribution is 5.61. The summed E-state index contributed by atoms with van der Waals surface area (Å²) in [7, 11) is 0. The molecule has 2 aromatic carbocycles. The molecule has 104 valence electrons. The van der Waals surface area contributed by atoms with Crippen LogP contribution in [0.2, 0.25) is 0 Å². The van der Waals surface area contributed by atoms with Gasteiger partial charge in [0.2, 0.25) is 0 Å². The van der Waals surface area contributed by atoms with Crippen molar-refractivity contribution in [2.45, 2.75) is 38.6 Å². The van der Waals surface area contributed by atoms with Gasteiger partial charge < -0.3 is 11.1 Å². The van der Waals surface area contributed by atoms with E-state index in [0.717, 1.165) is 31.4 Å². The van der Waals surface area contributed by atoms with Crippen molar-refractivity contribution < 1.29 is 0 Å². The van der Waals surface area contributed by atoms with Gasteiger partial charge in [-0.1, -0.05) is 25.1 Å². The van der Waals surface area contributed by atoms with Gasteiger partial charge in [0.15, 0.2) is 0 Å². The smallest absolute Gasteiger partial charge is 0.0387 e. The lowest BCUT2D eigenvalue weighted by molar-refractivity contribution is 0.577. The predicted octanol–water partition coefficient (Wildman–Crippen LogP) is 3.81. The van der Waals surface area contributed by atoms with Gasteiger partial charge in [-0.25, -0.2) is 0 Å². The fourth-order valence-electron chi connectivity index (χ4n) is 2.85. The molecule has 0 radical (unpaired) electrons. The molecule has 0 unspecified atom stereocenters. The Morgan fingerprint density at radius 3 is 2.55 bits per heavy atom. The van der Waals surface area contributed by atoms with Gasteiger partial charge in [-0.2, -0.15) is 0 Å². The second-order valence-electron chi connectivity index (χ2n) is 5.66. The number of benzene rings is 2. The topological polar surface area (TPSA) is 38.0 Å². The minimum absolute atomic E-state index is 0.336. The molecule has 2 nitrogen and oxygen atoms in total.